The van der Waals surface area contributed by atoms with Gasteiger partial charge in [0.15, 0.2) is 12.0 Å². The molecule has 3 N–H and O–H groups in total. The zero-order chi connectivity index (χ0) is 20.6. The highest BCUT2D eigenvalue weighted by molar-refractivity contribution is 5.90. The minimum atomic E-state index is -0.463. The third kappa shape index (κ3) is 4.76. The third-order valence-corrected chi connectivity index (χ3v) is 4.45. The largest absolute Gasteiger partial charge is 0.432 e. The van der Waals surface area contributed by atoms with E-state index in [2.05, 4.69) is 32.9 Å². The molecule has 0 spiro atoms. The van der Waals surface area contributed by atoms with Crippen LogP contribution in [0.15, 0.2) is 39.9 Å². The number of hydrogen-bond acceptors (Lipinski definition) is 7. The van der Waals surface area contributed by atoms with Crippen molar-refractivity contribution < 1.29 is 9.21 Å². The Hall–Kier alpha value is -4.18. The molecule has 1 aromatic carbocycles. The molecule has 3 rings (SSSR count). The summed E-state index contributed by atoms with van der Waals surface area (Å²) in [5, 5.41) is 30.9. The summed E-state index contributed by atoms with van der Waals surface area (Å²) in [4.78, 5) is 21.7. The first-order chi connectivity index (χ1) is 14.1. The smallest absolute Gasteiger partial charge is 0.307 e. The fourth-order valence-electron chi connectivity index (χ4n) is 3.12. The van der Waals surface area contributed by atoms with Gasteiger partial charge in [0, 0.05) is 24.7 Å². The number of carbonyl (C=O) groups excluding carboxylic acids is 1. The first-order valence-corrected chi connectivity index (χ1v) is 8.82. The van der Waals surface area contributed by atoms with E-state index in [0.717, 1.165) is 6.34 Å². The van der Waals surface area contributed by atoms with E-state index in [4.69, 9.17) is 15.1 Å². The predicted molar refractivity (Wildman–Crippen MR) is 104 cm³/mol. The van der Waals surface area contributed by atoms with Crippen LogP contribution < -0.4 is 10.6 Å². The lowest BCUT2D eigenvalue weighted by molar-refractivity contribution is 0.0904. The van der Waals surface area contributed by atoms with Crippen LogP contribution in [0.2, 0.25) is 0 Å². The number of hydrogen-bond donors (Lipinski definition) is 3. The fourth-order valence-corrected chi connectivity index (χ4v) is 3.12. The number of nitrogens with zero attached hydrogens (tertiary/aromatic N) is 5. The number of nitrogens with one attached hydrogen (secondary N) is 3. The summed E-state index contributed by atoms with van der Waals surface area (Å²) >= 11 is 0. The number of benzene rings is 1. The molecule has 2 heterocycles. The Bertz CT molecular complexity index is 1000. The van der Waals surface area contributed by atoms with E-state index in [9.17, 15) is 10.1 Å². The number of amides is 1. The lowest BCUT2D eigenvalue weighted by Gasteiger charge is -2.16. The van der Waals surface area contributed by atoms with Gasteiger partial charge in [-0.2, -0.15) is 10.5 Å². The fraction of sp³-hybridized carbons (Fsp3) is 0.263. The number of aromatic nitrogens is 1. The normalized spacial score (nSPS) is 18.2. The van der Waals surface area contributed by atoms with Crippen molar-refractivity contribution in [2.24, 2.45) is 4.99 Å². The quantitative estimate of drug-likeness (QED) is 0.363. The average molecular weight is 390 g/mol. The van der Waals surface area contributed by atoms with Gasteiger partial charge in [0.1, 0.15) is 6.34 Å². The maximum absolute atomic E-state index is 12.5. The van der Waals surface area contributed by atoms with Gasteiger partial charge < -0.3 is 20.0 Å². The van der Waals surface area contributed by atoms with Gasteiger partial charge in [-0.05, 0) is 18.6 Å². The highest BCUT2D eigenvalue weighted by Crippen LogP contribution is 2.22. The molecule has 2 atom stereocenters. The van der Waals surface area contributed by atoms with E-state index in [-0.39, 0.29) is 18.0 Å². The summed E-state index contributed by atoms with van der Waals surface area (Å²) < 4.78 is 5.55. The molecule has 1 amide bonds. The lowest BCUT2D eigenvalue weighted by atomic mass is 10.1. The zero-order valence-corrected chi connectivity index (χ0v) is 15.4. The molecule has 1 fully saturated rings. The molecule has 2 aromatic rings. The molecule has 0 saturated carbocycles. The summed E-state index contributed by atoms with van der Waals surface area (Å²) in [5.74, 6) is -0.148. The third-order valence-electron chi connectivity index (χ3n) is 4.45. The van der Waals surface area contributed by atoms with Crippen LogP contribution >= 0.6 is 0 Å². The molecule has 1 aliphatic rings. The standard InChI is InChI=1S/C19H18N8O2/c20-6-13-2-1-3-14(4-13)17-8-25-19(29-17)18(28)26-15-5-16(27(9-15)11-22)7-23-12-24-10-21/h1-4,8,10,12,15-16H,5,7,9H2,(H,26,28)(H2,21,23,24)/t15-,16+/m1/s1. The van der Waals surface area contributed by atoms with Gasteiger partial charge in [-0.3, -0.25) is 10.2 Å². The van der Waals surface area contributed by atoms with Crippen LogP contribution in [-0.2, 0) is 0 Å². The Balaban J connectivity index is 1.61. The molecular weight excluding hydrogens is 372 g/mol. The average Bonchev–Trinajstić information content (AvgIpc) is 3.38. The van der Waals surface area contributed by atoms with E-state index in [1.54, 1.807) is 29.2 Å². The molecule has 29 heavy (non-hydrogen) atoms. The monoisotopic (exact) mass is 390 g/mol. The first kappa shape index (κ1) is 19.6. The Labute approximate surface area is 167 Å². The molecule has 0 unspecified atom stereocenters. The number of carbonyl (C=O) groups is 1. The second kappa shape index (κ2) is 9.15. The minimum absolute atomic E-state index is 0.0782. The predicted octanol–water partition coefficient (Wildman–Crippen LogP) is 1.09. The molecule has 0 radical (unpaired) electrons. The van der Waals surface area contributed by atoms with Crippen LogP contribution in [0.5, 0.6) is 0 Å². The number of oxazole rings is 1. The molecule has 1 aromatic heterocycles. The number of nitriles is 2. The topological polar surface area (TPSA) is 154 Å². The summed E-state index contributed by atoms with van der Waals surface area (Å²) in [6, 6.07) is 8.55. The van der Waals surface area contributed by atoms with E-state index in [1.165, 1.54) is 12.5 Å². The van der Waals surface area contributed by atoms with Crippen molar-refractivity contribution >= 4 is 18.6 Å². The molecule has 0 aliphatic carbocycles. The van der Waals surface area contributed by atoms with Crippen LogP contribution in [0, 0.1) is 28.2 Å². The van der Waals surface area contributed by atoms with Crippen molar-refractivity contribution in [1.82, 2.24) is 20.5 Å². The Morgan fingerprint density at radius 1 is 1.48 bits per heavy atom. The molecular formula is C19H18N8O2. The number of rotatable bonds is 7. The van der Waals surface area contributed by atoms with Crippen LogP contribution in [0.3, 0.4) is 0 Å². The van der Waals surface area contributed by atoms with Crippen molar-refractivity contribution in [2.75, 3.05) is 13.1 Å². The second-order valence-corrected chi connectivity index (χ2v) is 6.35. The van der Waals surface area contributed by atoms with Gasteiger partial charge in [-0.15, -0.1) is 0 Å². The van der Waals surface area contributed by atoms with Gasteiger partial charge in [0.05, 0.1) is 30.2 Å². The molecule has 146 valence electrons. The second-order valence-electron chi connectivity index (χ2n) is 6.35. The summed E-state index contributed by atoms with van der Waals surface area (Å²) in [7, 11) is 0. The van der Waals surface area contributed by atoms with E-state index >= 15 is 0 Å². The van der Waals surface area contributed by atoms with Crippen molar-refractivity contribution in [3.63, 3.8) is 0 Å². The SMILES string of the molecule is N#Cc1cccc(-c2cnc(C(=O)N[C@@H]3C[C@@H](CN/C=N\C=N)N(C#N)C3)o2)c1. The molecule has 1 aliphatic heterocycles. The van der Waals surface area contributed by atoms with Crippen molar-refractivity contribution in [3.8, 4) is 23.6 Å². The Morgan fingerprint density at radius 2 is 2.34 bits per heavy atom. The van der Waals surface area contributed by atoms with Crippen LogP contribution in [0.25, 0.3) is 11.3 Å². The molecule has 1 saturated heterocycles. The number of likely N-dealkylation sites (tertiary alicyclic amines) is 1. The first-order valence-electron chi connectivity index (χ1n) is 8.82. The van der Waals surface area contributed by atoms with Crippen molar-refractivity contribution in [1.29, 1.82) is 15.9 Å². The maximum Gasteiger partial charge on any atom is 0.307 e. The molecule has 10 nitrogen and oxygen atoms in total. The molecule has 0 bridgehead atoms. The van der Waals surface area contributed by atoms with Gasteiger partial charge >= 0.3 is 5.91 Å². The lowest BCUT2D eigenvalue weighted by Crippen LogP contribution is -2.36. The highest BCUT2D eigenvalue weighted by Gasteiger charge is 2.33. The Morgan fingerprint density at radius 3 is 3.10 bits per heavy atom. The van der Waals surface area contributed by atoms with Gasteiger partial charge in [-0.25, -0.2) is 9.98 Å². The van der Waals surface area contributed by atoms with Crippen LogP contribution in [0.1, 0.15) is 22.7 Å². The summed E-state index contributed by atoms with van der Waals surface area (Å²) in [5.41, 5.74) is 1.14. The minimum Gasteiger partial charge on any atom is -0.432 e. The van der Waals surface area contributed by atoms with Gasteiger partial charge in [-0.1, -0.05) is 12.1 Å². The highest BCUT2D eigenvalue weighted by atomic mass is 16.4. The van der Waals surface area contributed by atoms with E-state index < -0.39 is 5.91 Å². The summed E-state index contributed by atoms with van der Waals surface area (Å²) in [6.45, 7) is 0.851. The number of aliphatic imine (C=N–C) groups is 1. The van der Waals surface area contributed by atoms with Crippen LogP contribution in [0.4, 0.5) is 0 Å². The van der Waals surface area contributed by atoms with Gasteiger partial charge in [0.25, 0.3) is 5.89 Å². The van der Waals surface area contributed by atoms with Gasteiger partial charge in [0.2, 0.25) is 0 Å². The summed E-state index contributed by atoms with van der Waals surface area (Å²) in [6.07, 6.45) is 6.44. The maximum atomic E-state index is 12.5. The van der Waals surface area contributed by atoms with Crippen molar-refractivity contribution in [2.45, 2.75) is 18.5 Å². The Kier molecular flexibility index (Phi) is 6.18. The van der Waals surface area contributed by atoms with Crippen molar-refractivity contribution in [3.05, 3.63) is 41.9 Å². The zero-order valence-electron chi connectivity index (χ0n) is 15.4. The molecule has 10 heteroatoms. The van der Waals surface area contributed by atoms with E-state index in [0.29, 0.717) is 36.4 Å². The van der Waals surface area contributed by atoms with Crippen LogP contribution in [-0.4, -0.2) is 53.6 Å². The van der Waals surface area contributed by atoms with E-state index in [1.807, 2.05) is 0 Å².